The van der Waals surface area contributed by atoms with Crippen LogP contribution in [-0.2, 0) is 11.3 Å². The second-order valence-corrected chi connectivity index (χ2v) is 5.74. The first-order valence-corrected chi connectivity index (χ1v) is 7.65. The van der Waals surface area contributed by atoms with Crippen molar-refractivity contribution in [3.8, 4) is 5.75 Å². The molecule has 1 heterocycles. The highest BCUT2D eigenvalue weighted by Crippen LogP contribution is 2.23. The standard InChI is InChI=1S/C16H21F3N2O2.ClH/c1-11-5-6-12(14(8-11)23-10-16(17,18)19)9-21-15(22)13-4-2-3-7-20-13;/h5-6,8,13,20H,2-4,7,9-10H2,1H3,(H,21,22);1H. The van der Waals surface area contributed by atoms with Crippen LogP contribution in [0.4, 0.5) is 13.2 Å². The number of carbonyl (C=O) groups is 1. The van der Waals surface area contributed by atoms with Gasteiger partial charge in [-0.05, 0) is 37.9 Å². The van der Waals surface area contributed by atoms with Gasteiger partial charge in [-0.25, -0.2) is 0 Å². The van der Waals surface area contributed by atoms with Crippen molar-refractivity contribution >= 4 is 18.3 Å². The van der Waals surface area contributed by atoms with Crippen LogP contribution < -0.4 is 15.4 Å². The monoisotopic (exact) mass is 366 g/mol. The average Bonchev–Trinajstić information content (AvgIpc) is 2.52. The van der Waals surface area contributed by atoms with Crippen molar-refractivity contribution in [1.82, 2.24) is 10.6 Å². The predicted molar refractivity (Wildman–Crippen MR) is 87.5 cm³/mol. The van der Waals surface area contributed by atoms with Gasteiger partial charge >= 0.3 is 6.18 Å². The van der Waals surface area contributed by atoms with Gasteiger partial charge in [-0.2, -0.15) is 13.2 Å². The molecule has 2 rings (SSSR count). The van der Waals surface area contributed by atoms with Crippen LogP contribution in [0.15, 0.2) is 18.2 Å². The Bertz CT molecular complexity index is 547. The van der Waals surface area contributed by atoms with Crippen molar-refractivity contribution < 1.29 is 22.7 Å². The quantitative estimate of drug-likeness (QED) is 0.841. The zero-order valence-electron chi connectivity index (χ0n) is 13.4. The van der Waals surface area contributed by atoms with Gasteiger partial charge in [-0.3, -0.25) is 4.79 Å². The molecule has 1 aliphatic heterocycles. The lowest BCUT2D eigenvalue weighted by Crippen LogP contribution is -2.46. The molecule has 1 unspecified atom stereocenters. The molecule has 8 heteroatoms. The van der Waals surface area contributed by atoms with Crippen molar-refractivity contribution in [3.63, 3.8) is 0 Å². The molecule has 1 amide bonds. The summed E-state index contributed by atoms with van der Waals surface area (Å²) in [5, 5.41) is 5.89. The van der Waals surface area contributed by atoms with Gasteiger partial charge in [0.2, 0.25) is 5.91 Å². The number of carbonyl (C=O) groups excluding carboxylic acids is 1. The molecule has 1 atom stereocenters. The highest BCUT2D eigenvalue weighted by molar-refractivity contribution is 5.85. The van der Waals surface area contributed by atoms with E-state index in [1.54, 1.807) is 25.1 Å². The number of aryl methyl sites for hydroxylation is 1. The highest BCUT2D eigenvalue weighted by atomic mass is 35.5. The van der Waals surface area contributed by atoms with Gasteiger partial charge in [0.15, 0.2) is 6.61 Å². The fraction of sp³-hybridized carbons (Fsp3) is 0.562. The molecular formula is C16H22ClF3N2O2. The summed E-state index contributed by atoms with van der Waals surface area (Å²) in [5.41, 5.74) is 1.33. The molecule has 0 radical (unpaired) electrons. The lowest BCUT2D eigenvalue weighted by Gasteiger charge is -2.23. The maximum Gasteiger partial charge on any atom is 0.422 e. The Morgan fingerprint density at radius 3 is 2.75 bits per heavy atom. The smallest absolute Gasteiger partial charge is 0.422 e. The van der Waals surface area contributed by atoms with Crippen molar-refractivity contribution in [1.29, 1.82) is 0 Å². The number of alkyl halides is 3. The van der Waals surface area contributed by atoms with Gasteiger partial charge in [0.1, 0.15) is 5.75 Å². The van der Waals surface area contributed by atoms with Crippen molar-refractivity contribution in [3.05, 3.63) is 29.3 Å². The summed E-state index contributed by atoms with van der Waals surface area (Å²) in [6.45, 7) is 1.38. The number of amides is 1. The molecule has 1 aliphatic rings. The first-order chi connectivity index (χ1) is 10.8. The predicted octanol–water partition coefficient (Wildman–Crippen LogP) is 3.12. The Kier molecular flexibility index (Phi) is 7.83. The van der Waals surface area contributed by atoms with E-state index in [1.165, 1.54) is 0 Å². The minimum atomic E-state index is -4.39. The highest BCUT2D eigenvalue weighted by Gasteiger charge is 2.29. The Hall–Kier alpha value is -1.47. The van der Waals surface area contributed by atoms with E-state index in [0.29, 0.717) is 5.56 Å². The third-order valence-electron chi connectivity index (χ3n) is 3.69. The van der Waals surface area contributed by atoms with Crippen LogP contribution in [0.5, 0.6) is 5.75 Å². The van der Waals surface area contributed by atoms with Gasteiger partial charge in [0.25, 0.3) is 0 Å². The average molecular weight is 367 g/mol. The molecule has 0 aliphatic carbocycles. The van der Waals surface area contributed by atoms with Crippen LogP contribution in [0.2, 0.25) is 0 Å². The Morgan fingerprint density at radius 2 is 2.12 bits per heavy atom. The molecule has 4 nitrogen and oxygen atoms in total. The summed E-state index contributed by atoms with van der Waals surface area (Å²) in [5.74, 6) is 0.0197. The van der Waals surface area contributed by atoms with Crippen LogP contribution in [0.25, 0.3) is 0 Å². The molecule has 1 aromatic carbocycles. The number of hydrogen-bond acceptors (Lipinski definition) is 3. The van der Waals surface area contributed by atoms with E-state index in [2.05, 4.69) is 10.6 Å². The van der Waals surface area contributed by atoms with Gasteiger partial charge in [-0.1, -0.05) is 18.6 Å². The molecule has 1 saturated heterocycles. The van der Waals surface area contributed by atoms with Crippen molar-refractivity contribution in [2.24, 2.45) is 0 Å². The van der Waals surface area contributed by atoms with Gasteiger partial charge in [-0.15, -0.1) is 12.4 Å². The minimum absolute atomic E-state index is 0. The first-order valence-electron chi connectivity index (χ1n) is 7.65. The number of benzene rings is 1. The molecule has 0 saturated carbocycles. The van der Waals surface area contributed by atoms with E-state index in [-0.39, 0.29) is 36.7 Å². The molecule has 24 heavy (non-hydrogen) atoms. The third kappa shape index (κ3) is 6.57. The van der Waals surface area contributed by atoms with Gasteiger partial charge < -0.3 is 15.4 Å². The lowest BCUT2D eigenvalue weighted by atomic mass is 10.0. The summed E-state index contributed by atoms with van der Waals surface area (Å²) in [6.07, 6.45) is -1.57. The van der Waals surface area contributed by atoms with Crippen molar-refractivity contribution in [2.75, 3.05) is 13.2 Å². The zero-order valence-corrected chi connectivity index (χ0v) is 14.2. The lowest BCUT2D eigenvalue weighted by molar-refractivity contribution is -0.153. The SMILES string of the molecule is Cc1ccc(CNC(=O)C2CCCCN2)c(OCC(F)(F)F)c1.Cl. The summed E-state index contributed by atoms with van der Waals surface area (Å²) in [6, 6.07) is 4.77. The Labute approximate surface area is 145 Å². The second kappa shape index (κ2) is 9.13. The first kappa shape index (κ1) is 20.6. The summed E-state index contributed by atoms with van der Waals surface area (Å²) in [7, 11) is 0. The van der Waals surface area contributed by atoms with Crippen LogP contribution in [0.3, 0.4) is 0 Å². The number of piperidine rings is 1. The van der Waals surface area contributed by atoms with E-state index in [1.807, 2.05) is 0 Å². The third-order valence-corrected chi connectivity index (χ3v) is 3.69. The molecule has 0 bridgehead atoms. The van der Waals surface area contributed by atoms with Gasteiger partial charge in [0, 0.05) is 12.1 Å². The molecule has 136 valence electrons. The maximum atomic E-state index is 12.3. The molecule has 1 aromatic rings. The Morgan fingerprint density at radius 1 is 1.38 bits per heavy atom. The molecule has 0 spiro atoms. The Balaban J connectivity index is 0.00000288. The van der Waals surface area contributed by atoms with E-state index in [9.17, 15) is 18.0 Å². The maximum absolute atomic E-state index is 12.3. The largest absolute Gasteiger partial charge is 0.484 e. The topological polar surface area (TPSA) is 50.4 Å². The fourth-order valence-electron chi connectivity index (χ4n) is 2.48. The number of ether oxygens (including phenoxy) is 1. The number of hydrogen-bond donors (Lipinski definition) is 2. The van der Waals surface area contributed by atoms with E-state index in [0.717, 1.165) is 31.4 Å². The second-order valence-electron chi connectivity index (χ2n) is 5.74. The van der Waals surface area contributed by atoms with E-state index < -0.39 is 12.8 Å². The van der Waals surface area contributed by atoms with Crippen LogP contribution >= 0.6 is 12.4 Å². The molecule has 1 fully saturated rings. The van der Waals surface area contributed by atoms with Crippen LogP contribution in [0.1, 0.15) is 30.4 Å². The number of nitrogens with one attached hydrogen (secondary N) is 2. The van der Waals surface area contributed by atoms with Crippen molar-refractivity contribution in [2.45, 2.75) is 44.9 Å². The summed E-state index contributed by atoms with van der Waals surface area (Å²) < 4.78 is 41.9. The normalized spacial score (nSPS) is 17.8. The zero-order chi connectivity index (χ0) is 16.9. The van der Waals surface area contributed by atoms with Crippen LogP contribution in [-0.4, -0.2) is 31.3 Å². The number of halogens is 4. The summed E-state index contributed by atoms with van der Waals surface area (Å²) >= 11 is 0. The van der Waals surface area contributed by atoms with Crippen LogP contribution in [0, 0.1) is 6.92 Å². The molecule has 2 N–H and O–H groups in total. The fourth-order valence-corrected chi connectivity index (χ4v) is 2.48. The molecular weight excluding hydrogens is 345 g/mol. The van der Waals surface area contributed by atoms with E-state index >= 15 is 0 Å². The van der Waals surface area contributed by atoms with E-state index in [4.69, 9.17) is 4.74 Å². The summed E-state index contributed by atoms with van der Waals surface area (Å²) in [4.78, 5) is 12.1. The van der Waals surface area contributed by atoms with Gasteiger partial charge in [0.05, 0.1) is 6.04 Å². The molecule has 0 aromatic heterocycles. The number of rotatable bonds is 5. The minimum Gasteiger partial charge on any atom is -0.484 e.